The standard InChI is InChI=1S/C15H19N3/c1-11-6-7-12-4-2-3-5-14(12)15(11)10-13-8-9-16-18-17-13/h2-7,13,16-18H,8-10H2,1H3. The molecule has 3 nitrogen and oxygen atoms in total. The van der Waals surface area contributed by atoms with Gasteiger partial charge in [-0.25, -0.2) is 10.9 Å². The van der Waals surface area contributed by atoms with E-state index in [0.29, 0.717) is 6.04 Å². The van der Waals surface area contributed by atoms with Crippen LogP contribution in [0.1, 0.15) is 17.5 Å². The van der Waals surface area contributed by atoms with Crippen LogP contribution in [0.25, 0.3) is 10.8 Å². The highest BCUT2D eigenvalue weighted by molar-refractivity contribution is 5.86. The number of hydrogen-bond acceptors (Lipinski definition) is 3. The predicted molar refractivity (Wildman–Crippen MR) is 75.1 cm³/mol. The van der Waals surface area contributed by atoms with Crippen LogP contribution in [0.2, 0.25) is 0 Å². The Morgan fingerprint density at radius 2 is 2.06 bits per heavy atom. The monoisotopic (exact) mass is 241 g/mol. The van der Waals surface area contributed by atoms with Gasteiger partial charge < -0.3 is 0 Å². The van der Waals surface area contributed by atoms with Crippen LogP contribution in [0.5, 0.6) is 0 Å². The van der Waals surface area contributed by atoms with Gasteiger partial charge in [-0.15, -0.1) is 0 Å². The lowest BCUT2D eigenvalue weighted by molar-refractivity contribution is 0.293. The van der Waals surface area contributed by atoms with Crippen molar-refractivity contribution in [2.45, 2.75) is 25.8 Å². The molecule has 0 bridgehead atoms. The first-order valence-electron chi connectivity index (χ1n) is 6.55. The second-order valence-corrected chi connectivity index (χ2v) is 4.97. The smallest absolute Gasteiger partial charge is 0.0279 e. The number of aryl methyl sites for hydroxylation is 1. The van der Waals surface area contributed by atoms with Gasteiger partial charge in [-0.3, -0.25) is 0 Å². The summed E-state index contributed by atoms with van der Waals surface area (Å²) in [6.07, 6.45) is 2.22. The molecular weight excluding hydrogens is 222 g/mol. The van der Waals surface area contributed by atoms with Gasteiger partial charge in [0.05, 0.1) is 0 Å². The number of benzene rings is 2. The molecule has 1 atom stereocenters. The quantitative estimate of drug-likeness (QED) is 0.753. The number of fused-ring (bicyclic) bond motifs is 1. The molecule has 1 aliphatic heterocycles. The van der Waals surface area contributed by atoms with Crippen molar-refractivity contribution < 1.29 is 0 Å². The van der Waals surface area contributed by atoms with Crippen LogP contribution >= 0.6 is 0 Å². The predicted octanol–water partition coefficient (Wildman–Crippen LogP) is 2.06. The molecule has 3 N–H and O–H groups in total. The molecule has 3 rings (SSSR count). The van der Waals surface area contributed by atoms with E-state index in [1.54, 1.807) is 0 Å². The molecule has 3 heteroatoms. The minimum absolute atomic E-state index is 0.496. The average molecular weight is 241 g/mol. The third-order valence-corrected chi connectivity index (χ3v) is 3.71. The van der Waals surface area contributed by atoms with Gasteiger partial charge >= 0.3 is 0 Å². The van der Waals surface area contributed by atoms with Gasteiger partial charge in [-0.05, 0) is 41.7 Å². The highest BCUT2D eigenvalue weighted by Gasteiger charge is 2.15. The third-order valence-electron chi connectivity index (χ3n) is 3.71. The molecule has 1 aliphatic rings. The van der Waals surface area contributed by atoms with Crippen molar-refractivity contribution in [2.24, 2.45) is 0 Å². The van der Waals surface area contributed by atoms with E-state index in [2.05, 4.69) is 59.7 Å². The van der Waals surface area contributed by atoms with Crippen molar-refractivity contribution in [2.75, 3.05) is 6.54 Å². The van der Waals surface area contributed by atoms with E-state index in [0.717, 1.165) is 19.4 Å². The van der Waals surface area contributed by atoms with E-state index in [-0.39, 0.29) is 0 Å². The lowest BCUT2D eigenvalue weighted by Crippen LogP contribution is -2.55. The molecule has 2 aromatic carbocycles. The van der Waals surface area contributed by atoms with Crippen LogP contribution in [-0.4, -0.2) is 12.6 Å². The number of hydrazine groups is 2. The van der Waals surface area contributed by atoms with E-state index >= 15 is 0 Å². The van der Waals surface area contributed by atoms with Crippen molar-refractivity contribution in [1.82, 2.24) is 16.4 Å². The second kappa shape index (κ2) is 5.06. The van der Waals surface area contributed by atoms with Crippen molar-refractivity contribution in [3.63, 3.8) is 0 Å². The molecule has 1 fully saturated rings. The summed E-state index contributed by atoms with van der Waals surface area (Å²) in [6.45, 7) is 3.22. The normalized spacial score (nSPS) is 20.2. The first-order valence-corrected chi connectivity index (χ1v) is 6.55. The molecule has 94 valence electrons. The summed E-state index contributed by atoms with van der Waals surface area (Å²) in [5.41, 5.74) is 12.3. The molecule has 1 saturated heterocycles. The molecule has 0 aliphatic carbocycles. The second-order valence-electron chi connectivity index (χ2n) is 4.97. The molecule has 0 amide bonds. The van der Waals surface area contributed by atoms with Gasteiger partial charge in [0.15, 0.2) is 0 Å². The summed E-state index contributed by atoms with van der Waals surface area (Å²) >= 11 is 0. The van der Waals surface area contributed by atoms with Gasteiger partial charge in [-0.2, -0.15) is 5.53 Å². The molecule has 0 radical (unpaired) electrons. The van der Waals surface area contributed by atoms with Crippen LogP contribution < -0.4 is 16.4 Å². The zero-order valence-corrected chi connectivity index (χ0v) is 10.7. The van der Waals surface area contributed by atoms with Crippen molar-refractivity contribution >= 4 is 10.8 Å². The maximum absolute atomic E-state index is 3.30. The van der Waals surface area contributed by atoms with E-state index in [1.807, 2.05) is 0 Å². The SMILES string of the molecule is Cc1ccc2ccccc2c1CC1CCNNN1. The van der Waals surface area contributed by atoms with Crippen molar-refractivity contribution in [1.29, 1.82) is 0 Å². The van der Waals surface area contributed by atoms with Gasteiger partial charge in [0.2, 0.25) is 0 Å². The molecule has 18 heavy (non-hydrogen) atoms. The Bertz CT molecular complexity index is 544. The Morgan fingerprint density at radius 1 is 1.17 bits per heavy atom. The van der Waals surface area contributed by atoms with Crippen LogP contribution in [0.15, 0.2) is 36.4 Å². The molecule has 1 unspecified atom stereocenters. The van der Waals surface area contributed by atoms with E-state index in [4.69, 9.17) is 0 Å². The first-order chi connectivity index (χ1) is 8.84. The first kappa shape index (κ1) is 11.7. The highest BCUT2D eigenvalue weighted by atomic mass is 15.6. The summed E-state index contributed by atoms with van der Waals surface area (Å²) in [5, 5.41) is 2.72. The van der Waals surface area contributed by atoms with E-state index in [9.17, 15) is 0 Å². The lowest BCUT2D eigenvalue weighted by atomic mass is 9.93. The molecule has 1 heterocycles. The van der Waals surface area contributed by atoms with Crippen molar-refractivity contribution in [3.8, 4) is 0 Å². The fourth-order valence-corrected chi connectivity index (χ4v) is 2.65. The number of rotatable bonds is 2. The van der Waals surface area contributed by atoms with E-state index < -0.39 is 0 Å². The molecule has 0 saturated carbocycles. The number of nitrogens with one attached hydrogen (secondary N) is 3. The average Bonchev–Trinajstić information content (AvgIpc) is 2.43. The maximum atomic E-state index is 3.30. The molecule has 0 spiro atoms. The fourth-order valence-electron chi connectivity index (χ4n) is 2.65. The minimum Gasteiger partial charge on any atom is -0.244 e. The van der Waals surface area contributed by atoms with Gasteiger partial charge in [0.25, 0.3) is 0 Å². The van der Waals surface area contributed by atoms with Crippen LogP contribution in [0.4, 0.5) is 0 Å². The zero-order chi connectivity index (χ0) is 12.4. The summed E-state index contributed by atoms with van der Waals surface area (Å²) in [4.78, 5) is 0. The van der Waals surface area contributed by atoms with Gasteiger partial charge in [0.1, 0.15) is 0 Å². The zero-order valence-electron chi connectivity index (χ0n) is 10.7. The van der Waals surface area contributed by atoms with Crippen LogP contribution in [0, 0.1) is 6.92 Å². The number of hydrogen-bond donors (Lipinski definition) is 3. The van der Waals surface area contributed by atoms with Crippen molar-refractivity contribution in [3.05, 3.63) is 47.5 Å². The molecule has 0 aromatic heterocycles. The van der Waals surface area contributed by atoms with Crippen LogP contribution in [-0.2, 0) is 6.42 Å². The van der Waals surface area contributed by atoms with Crippen LogP contribution in [0.3, 0.4) is 0 Å². The molecular formula is C15H19N3. The Labute approximate surface area is 108 Å². The topological polar surface area (TPSA) is 36.1 Å². The van der Waals surface area contributed by atoms with E-state index in [1.165, 1.54) is 21.9 Å². The minimum atomic E-state index is 0.496. The summed E-state index contributed by atoms with van der Waals surface area (Å²) in [6, 6.07) is 13.6. The maximum Gasteiger partial charge on any atom is 0.0279 e. The summed E-state index contributed by atoms with van der Waals surface area (Å²) in [5.74, 6) is 0. The largest absolute Gasteiger partial charge is 0.244 e. The Morgan fingerprint density at radius 3 is 2.89 bits per heavy atom. The Hall–Kier alpha value is -1.42. The summed E-state index contributed by atoms with van der Waals surface area (Å²) < 4.78 is 0. The summed E-state index contributed by atoms with van der Waals surface area (Å²) in [7, 11) is 0. The fraction of sp³-hybridized carbons (Fsp3) is 0.333. The third kappa shape index (κ3) is 2.25. The Balaban J connectivity index is 1.96. The Kier molecular flexibility index (Phi) is 3.28. The van der Waals surface area contributed by atoms with Gasteiger partial charge in [0, 0.05) is 12.6 Å². The highest BCUT2D eigenvalue weighted by Crippen LogP contribution is 2.23. The van der Waals surface area contributed by atoms with Gasteiger partial charge in [-0.1, -0.05) is 36.4 Å². The molecule has 2 aromatic rings. The lowest BCUT2D eigenvalue weighted by Gasteiger charge is -2.26.